The first kappa shape index (κ1) is 13.5. The van der Waals surface area contributed by atoms with Crippen LogP contribution >= 0.6 is 0 Å². The predicted octanol–water partition coefficient (Wildman–Crippen LogP) is 3.32. The van der Waals surface area contributed by atoms with Gasteiger partial charge in [-0.25, -0.2) is 0 Å². The van der Waals surface area contributed by atoms with E-state index in [0.717, 1.165) is 13.0 Å². The lowest BCUT2D eigenvalue weighted by molar-refractivity contribution is 0.356. The molecule has 0 N–H and O–H groups in total. The maximum atomic E-state index is 4.70. The van der Waals surface area contributed by atoms with Gasteiger partial charge < -0.3 is 4.90 Å². The van der Waals surface area contributed by atoms with E-state index in [1.165, 1.54) is 12.3 Å². The summed E-state index contributed by atoms with van der Waals surface area (Å²) in [6, 6.07) is 0.966. The Morgan fingerprint density at radius 3 is 2.00 bits per heavy atom. The molecule has 0 bridgehead atoms. The average Bonchev–Trinajstić information content (AvgIpc) is 2.03. The molecule has 0 amide bonds. The Morgan fingerprint density at radius 2 is 1.71 bits per heavy atom. The molecule has 0 aliphatic rings. The Bertz CT molecular complexity index is 171. The highest BCUT2D eigenvalue weighted by Crippen LogP contribution is 2.07. The van der Waals surface area contributed by atoms with Crippen LogP contribution in [0.15, 0.2) is 4.99 Å². The summed E-state index contributed by atoms with van der Waals surface area (Å²) in [5.41, 5.74) is 0. The summed E-state index contributed by atoms with van der Waals surface area (Å²) in [7, 11) is 0. The van der Waals surface area contributed by atoms with E-state index >= 15 is 0 Å². The van der Waals surface area contributed by atoms with Crippen molar-refractivity contribution >= 4 is 5.84 Å². The number of rotatable bonds is 5. The Kier molecular flexibility index (Phi) is 6.60. The first-order chi connectivity index (χ1) is 6.52. The molecule has 0 aromatic rings. The van der Waals surface area contributed by atoms with Gasteiger partial charge >= 0.3 is 0 Å². The molecule has 2 nitrogen and oxygen atoms in total. The highest BCUT2D eigenvalue weighted by molar-refractivity contribution is 5.82. The average molecular weight is 198 g/mol. The van der Waals surface area contributed by atoms with E-state index in [0.29, 0.717) is 12.1 Å². The fourth-order valence-electron chi connectivity index (χ4n) is 1.65. The molecule has 2 heteroatoms. The molecule has 0 heterocycles. The summed E-state index contributed by atoms with van der Waals surface area (Å²) in [6.45, 7) is 14.2. The molecule has 0 aliphatic heterocycles. The van der Waals surface area contributed by atoms with Gasteiger partial charge in [0.15, 0.2) is 0 Å². The zero-order valence-corrected chi connectivity index (χ0v) is 10.7. The van der Waals surface area contributed by atoms with Crippen LogP contribution in [0.3, 0.4) is 0 Å². The van der Waals surface area contributed by atoms with Crippen LogP contribution < -0.4 is 0 Å². The molecule has 84 valence electrons. The van der Waals surface area contributed by atoms with Gasteiger partial charge in [-0.15, -0.1) is 0 Å². The summed E-state index contributed by atoms with van der Waals surface area (Å²) in [6.07, 6.45) is 2.28. The van der Waals surface area contributed by atoms with Crippen LogP contribution in [0.2, 0.25) is 0 Å². The lowest BCUT2D eigenvalue weighted by Gasteiger charge is -2.29. The van der Waals surface area contributed by atoms with Crippen molar-refractivity contribution in [3.8, 4) is 0 Å². The highest BCUT2D eigenvalue weighted by atomic mass is 15.2. The van der Waals surface area contributed by atoms with Crippen molar-refractivity contribution in [3.05, 3.63) is 0 Å². The molecule has 14 heavy (non-hydrogen) atoms. The van der Waals surface area contributed by atoms with Crippen molar-refractivity contribution < 1.29 is 0 Å². The van der Waals surface area contributed by atoms with Gasteiger partial charge in [-0.1, -0.05) is 6.92 Å². The van der Waals surface area contributed by atoms with Crippen molar-refractivity contribution in [3.63, 3.8) is 0 Å². The van der Waals surface area contributed by atoms with E-state index < -0.39 is 0 Å². The van der Waals surface area contributed by atoms with Gasteiger partial charge in [0.2, 0.25) is 0 Å². The van der Waals surface area contributed by atoms with Gasteiger partial charge in [0.05, 0.1) is 5.84 Å². The van der Waals surface area contributed by atoms with Gasteiger partial charge in [-0.2, -0.15) is 0 Å². The Morgan fingerprint density at radius 1 is 1.14 bits per heavy atom. The molecule has 0 aromatic carbocycles. The monoisotopic (exact) mass is 198 g/mol. The Hall–Kier alpha value is -0.530. The molecule has 0 saturated carbocycles. The topological polar surface area (TPSA) is 15.6 Å². The molecule has 0 fully saturated rings. The van der Waals surface area contributed by atoms with Gasteiger partial charge in [-0.05, 0) is 41.0 Å². The fraction of sp³-hybridized carbons (Fsp3) is 0.917. The van der Waals surface area contributed by atoms with E-state index in [4.69, 9.17) is 4.99 Å². The van der Waals surface area contributed by atoms with E-state index in [1.54, 1.807) is 0 Å². The molecular formula is C12H26N2. The molecule has 0 unspecified atom stereocenters. The second kappa shape index (κ2) is 6.86. The summed E-state index contributed by atoms with van der Waals surface area (Å²) in [4.78, 5) is 7.09. The fourth-order valence-corrected chi connectivity index (χ4v) is 1.65. The van der Waals surface area contributed by atoms with Gasteiger partial charge in [0.1, 0.15) is 0 Å². The van der Waals surface area contributed by atoms with Gasteiger partial charge in [-0.3, -0.25) is 4.99 Å². The van der Waals surface area contributed by atoms with E-state index in [9.17, 15) is 0 Å². The maximum absolute atomic E-state index is 4.70. The van der Waals surface area contributed by atoms with Crippen molar-refractivity contribution in [2.24, 2.45) is 4.99 Å². The number of nitrogens with zero attached hydrogens (tertiary/aromatic N) is 2. The van der Waals surface area contributed by atoms with Gasteiger partial charge in [0, 0.05) is 25.0 Å². The van der Waals surface area contributed by atoms with Crippen LogP contribution in [0.5, 0.6) is 0 Å². The van der Waals surface area contributed by atoms with Crippen molar-refractivity contribution in [2.45, 2.75) is 66.5 Å². The molecule has 0 saturated heterocycles. The van der Waals surface area contributed by atoms with Crippen LogP contribution in [0, 0.1) is 0 Å². The minimum absolute atomic E-state index is 0.407. The minimum Gasteiger partial charge on any atom is -0.358 e. The molecule has 0 aromatic heterocycles. The van der Waals surface area contributed by atoms with E-state index in [1.807, 2.05) is 0 Å². The van der Waals surface area contributed by atoms with Gasteiger partial charge in [0.25, 0.3) is 0 Å². The maximum Gasteiger partial charge on any atom is 0.0994 e. The molecule has 0 rings (SSSR count). The lowest BCUT2D eigenvalue weighted by Crippen LogP contribution is -2.37. The number of aliphatic imine (C=N–C) groups is 1. The highest BCUT2D eigenvalue weighted by Gasteiger charge is 2.12. The number of hydrogen-bond donors (Lipinski definition) is 0. The molecule has 0 spiro atoms. The van der Waals surface area contributed by atoms with E-state index in [2.05, 4.69) is 46.4 Å². The zero-order valence-electron chi connectivity index (χ0n) is 10.7. The first-order valence-electron chi connectivity index (χ1n) is 5.86. The molecule has 0 aliphatic carbocycles. The van der Waals surface area contributed by atoms with Crippen LogP contribution in [0.1, 0.15) is 54.4 Å². The van der Waals surface area contributed by atoms with Crippen LogP contribution in [-0.4, -0.2) is 29.4 Å². The summed E-state index contributed by atoms with van der Waals surface area (Å²) in [5, 5.41) is 0. The predicted molar refractivity (Wildman–Crippen MR) is 65.0 cm³/mol. The largest absolute Gasteiger partial charge is 0.358 e. The summed E-state index contributed by atoms with van der Waals surface area (Å²) in [5.74, 6) is 1.28. The lowest BCUT2D eigenvalue weighted by atomic mass is 10.2. The van der Waals surface area contributed by atoms with E-state index in [-0.39, 0.29) is 0 Å². The Labute approximate surface area is 89.4 Å². The third-order valence-corrected chi connectivity index (χ3v) is 2.18. The van der Waals surface area contributed by atoms with Crippen molar-refractivity contribution in [2.75, 3.05) is 6.54 Å². The Balaban J connectivity index is 4.60. The first-order valence-corrected chi connectivity index (χ1v) is 5.86. The van der Waals surface area contributed by atoms with Crippen LogP contribution in [0.25, 0.3) is 0 Å². The normalized spacial score (nSPS) is 12.7. The third kappa shape index (κ3) is 4.64. The SMILES string of the molecule is CCCC(=NC(C)C)N(CC)C(C)C. The molecular weight excluding hydrogens is 172 g/mol. The zero-order chi connectivity index (χ0) is 11.1. The van der Waals surface area contributed by atoms with Crippen LogP contribution in [0.4, 0.5) is 0 Å². The molecule has 0 radical (unpaired) electrons. The quantitative estimate of drug-likeness (QED) is 0.489. The third-order valence-electron chi connectivity index (χ3n) is 2.18. The number of hydrogen-bond acceptors (Lipinski definition) is 1. The summed E-state index contributed by atoms with van der Waals surface area (Å²) >= 11 is 0. The standard InChI is InChI=1S/C12H26N2/c1-7-9-12(13-10(3)4)14(8-2)11(5)6/h10-11H,7-9H2,1-6H3. The van der Waals surface area contributed by atoms with Crippen LogP contribution in [-0.2, 0) is 0 Å². The summed E-state index contributed by atoms with van der Waals surface area (Å²) < 4.78 is 0. The number of amidine groups is 1. The van der Waals surface area contributed by atoms with Crippen molar-refractivity contribution in [1.29, 1.82) is 0 Å². The smallest absolute Gasteiger partial charge is 0.0994 e. The second-order valence-corrected chi connectivity index (χ2v) is 4.27. The van der Waals surface area contributed by atoms with Crippen molar-refractivity contribution in [1.82, 2.24) is 4.90 Å². The molecule has 0 atom stereocenters. The minimum atomic E-state index is 0.407. The second-order valence-electron chi connectivity index (χ2n) is 4.27.